The Balaban J connectivity index is 0.00000264. The van der Waals surface area contributed by atoms with Crippen LogP contribution in [0.25, 0.3) is 0 Å². The van der Waals surface area contributed by atoms with Crippen LogP contribution < -0.4 is 15.8 Å². The molecular formula is C15H21F3IN3O. The normalized spacial score (nSPS) is 15.5. The van der Waals surface area contributed by atoms with Gasteiger partial charge in [0.05, 0.1) is 6.54 Å². The van der Waals surface area contributed by atoms with Crippen molar-refractivity contribution in [1.29, 1.82) is 0 Å². The summed E-state index contributed by atoms with van der Waals surface area (Å²) in [5.41, 5.74) is 6.51. The fraction of sp³-hybridized carbons (Fsp3) is 0.533. The molecule has 0 saturated heterocycles. The molecule has 0 bridgehead atoms. The minimum atomic E-state index is -4.67. The van der Waals surface area contributed by atoms with Gasteiger partial charge in [0.15, 0.2) is 5.96 Å². The van der Waals surface area contributed by atoms with Crippen LogP contribution in [0.2, 0.25) is 0 Å². The molecule has 1 saturated carbocycles. The fourth-order valence-corrected chi connectivity index (χ4v) is 2.21. The minimum absolute atomic E-state index is 0. The Bertz CT molecular complexity index is 502. The molecule has 0 aromatic heterocycles. The zero-order valence-electron chi connectivity index (χ0n) is 12.6. The molecule has 1 fully saturated rings. The largest absolute Gasteiger partial charge is 0.573 e. The maximum Gasteiger partial charge on any atom is 0.573 e. The number of hydrogen-bond donors (Lipinski definition) is 2. The minimum Gasteiger partial charge on any atom is -0.406 e. The second-order valence-electron chi connectivity index (χ2n) is 5.41. The Kier molecular flexibility index (Phi) is 7.93. The van der Waals surface area contributed by atoms with Gasteiger partial charge in [-0.25, -0.2) is 4.99 Å². The first kappa shape index (κ1) is 19.9. The summed E-state index contributed by atoms with van der Waals surface area (Å²) < 4.78 is 39.9. The molecule has 23 heavy (non-hydrogen) atoms. The van der Waals surface area contributed by atoms with Crippen LogP contribution in [-0.4, -0.2) is 18.9 Å². The lowest BCUT2D eigenvalue weighted by molar-refractivity contribution is -0.274. The van der Waals surface area contributed by atoms with Crippen LogP contribution in [0.1, 0.15) is 31.2 Å². The summed E-state index contributed by atoms with van der Waals surface area (Å²) in [5.74, 6) is 0.920. The topological polar surface area (TPSA) is 59.6 Å². The van der Waals surface area contributed by atoms with E-state index in [0.717, 1.165) is 24.4 Å². The number of nitrogens with zero attached hydrogens (tertiary/aromatic N) is 1. The first-order valence-corrected chi connectivity index (χ1v) is 7.31. The number of benzene rings is 1. The van der Waals surface area contributed by atoms with Crippen molar-refractivity contribution in [2.24, 2.45) is 16.6 Å². The molecule has 1 aliphatic rings. The first-order chi connectivity index (χ1) is 10.4. The van der Waals surface area contributed by atoms with E-state index in [1.165, 1.54) is 43.5 Å². The van der Waals surface area contributed by atoms with Gasteiger partial charge in [0.25, 0.3) is 0 Å². The monoisotopic (exact) mass is 443 g/mol. The number of guanidine groups is 1. The van der Waals surface area contributed by atoms with Crippen LogP contribution in [0.4, 0.5) is 13.2 Å². The Morgan fingerprint density at radius 3 is 2.43 bits per heavy atom. The Hall–Kier alpha value is -1.19. The molecule has 0 atom stereocenters. The average Bonchev–Trinajstić information content (AvgIpc) is 2.39. The van der Waals surface area contributed by atoms with E-state index in [-0.39, 0.29) is 29.7 Å². The van der Waals surface area contributed by atoms with Crippen LogP contribution in [-0.2, 0) is 6.54 Å². The molecule has 0 radical (unpaired) electrons. The van der Waals surface area contributed by atoms with E-state index in [1.54, 1.807) is 0 Å². The number of nitrogens with two attached hydrogens (primary N) is 1. The molecule has 0 heterocycles. The van der Waals surface area contributed by atoms with Gasteiger partial charge in [0.1, 0.15) is 5.75 Å². The van der Waals surface area contributed by atoms with Crippen molar-refractivity contribution in [1.82, 2.24) is 5.32 Å². The summed E-state index contributed by atoms with van der Waals surface area (Å²) in [5, 5.41) is 3.05. The van der Waals surface area contributed by atoms with Crippen molar-refractivity contribution in [3.8, 4) is 5.75 Å². The summed E-state index contributed by atoms with van der Waals surface area (Å²) in [6, 6.07) is 5.59. The van der Waals surface area contributed by atoms with Crippen molar-refractivity contribution in [2.45, 2.75) is 38.6 Å². The summed E-state index contributed by atoms with van der Waals surface area (Å²) in [4.78, 5) is 4.16. The van der Waals surface area contributed by atoms with Crippen molar-refractivity contribution >= 4 is 29.9 Å². The second-order valence-corrected chi connectivity index (χ2v) is 5.41. The van der Waals surface area contributed by atoms with E-state index in [2.05, 4.69) is 15.0 Å². The zero-order valence-corrected chi connectivity index (χ0v) is 14.9. The highest BCUT2D eigenvalue weighted by Gasteiger charge is 2.30. The molecule has 1 aromatic carbocycles. The molecular weight excluding hydrogens is 422 g/mol. The molecule has 0 spiro atoms. The van der Waals surface area contributed by atoms with E-state index >= 15 is 0 Å². The van der Waals surface area contributed by atoms with Crippen LogP contribution in [0.15, 0.2) is 29.3 Å². The fourth-order valence-electron chi connectivity index (χ4n) is 2.21. The van der Waals surface area contributed by atoms with Gasteiger partial charge >= 0.3 is 6.36 Å². The Morgan fingerprint density at radius 2 is 1.91 bits per heavy atom. The molecule has 4 nitrogen and oxygen atoms in total. The predicted octanol–water partition coefficient (Wildman–Crippen LogP) is 3.80. The molecule has 0 aliphatic heterocycles. The van der Waals surface area contributed by atoms with Gasteiger partial charge in [-0.1, -0.05) is 31.4 Å². The summed E-state index contributed by atoms with van der Waals surface area (Å²) in [6.45, 7) is 1.12. The number of hydrogen-bond acceptors (Lipinski definition) is 2. The molecule has 2 rings (SSSR count). The van der Waals surface area contributed by atoms with E-state index < -0.39 is 6.36 Å². The summed E-state index contributed by atoms with van der Waals surface area (Å²) in [6.07, 6.45) is 0.340. The highest BCUT2D eigenvalue weighted by atomic mass is 127. The smallest absolute Gasteiger partial charge is 0.406 e. The molecule has 1 aliphatic carbocycles. The lowest BCUT2D eigenvalue weighted by Crippen LogP contribution is -2.33. The van der Waals surface area contributed by atoms with Gasteiger partial charge in [-0.3, -0.25) is 0 Å². The summed E-state index contributed by atoms with van der Waals surface area (Å²) >= 11 is 0. The maximum absolute atomic E-state index is 12.0. The van der Waals surface area contributed by atoms with Crippen LogP contribution >= 0.6 is 24.0 Å². The quantitative estimate of drug-likeness (QED) is 0.400. The molecule has 3 N–H and O–H groups in total. The number of alkyl halides is 3. The van der Waals surface area contributed by atoms with E-state index in [4.69, 9.17) is 5.73 Å². The SMILES string of the molecule is I.NC(=NCc1ccc(OC(F)(F)F)cc1)NCCC1CCC1. The van der Waals surface area contributed by atoms with Crippen molar-refractivity contribution < 1.29 is 17.9 Å². The van der Waals surface area contributed by atoms with Crippen molar-refractivity contribution in [3.63, 3.8) is 0 Å². The van der Waals surface area contributed by atoms with Gasteiger partial charge in [0, 0.05) is 6.54 Å². The van der Waals surface area contributed by atoms with E-state index in [9.17, 15) is 13.2 Å². The van der Waals surface area contributed by atoms with Gasteiger partial charge in [0.2, 0.25) is 0 Å². The molecule has 0 unspecified atom stereocenters. The van der Waals surface area contributed by atoms with Gasteiger partial charge in [-0.15, -0.1) is 37.1 Å². The molecule has 8 heteroatoms. The highest BCUT2D eigenvalue weighted by molar-refractivity contribution is 14.0. The maximum atomic E-state index is 12.0. The lowest BCUT2D eigenvalue weighted by atomic mass is 9.83. The Morgan fingerprint density at radius 1 is 1.26 bits per heavy atom. The number of nitrogens with one attached hydrogen (secondary N) is 1. The second kappa shape index (κ2) is 9.19. The highest BCUT2D eigenvalue weighted by Crippen LogP contribution is 2.28. The average molecular weight is 443 g/mol. The zero-order chi connectivity index (χ0) is 16.0. The van der Waals surface area contributed by atoms with E-state index in [1.807, 2.05) is 0 Å². The lowest BCUT2D eigenvalue weighted by Gasteiger charge is -2.25. The first-order valence-electron chi connectivity index (χ1n) is 7.31. The molecule has 130 valence electrons. The number of ether oxygens (including phenoxy) is 1. The molecule has 0 amide bonds. The predicted molar refractivity (Wildman–Crippen MR) is 93.8 cm³/mol. The third-order valence-corrected chi connectivity index (χ3v) is 3.67. The Labute approximate surface area is 150 Å². The van der Waals surface area contributed by atoms with E-state index in [0.29, 0.717) is 12.5 Å². The van der Waals surface area contributed by atoms with Crippen LogP contribution in [0, 0.1) is 5.92 Å². The standard InChI is InChI=1S/C15H20F3N3O.HI/c16-15(17,18)22-13-6-4-12(5-7-13)10-21-14(19)20-9-8-11-2-1-3-11;/h4-7,11H,1-3,8-10H2,(H3,19,20,21);1H. The van der Waals surface area contributed by atoms with Gasteiger partial charge < -0.3 is 15.8 Å². The van der Waals surface area contributed by atoms with Crippen LogP contribution in [0.5, 0.6) is 5.75 Å². The third kappa shape index (κ3) is 7.76. The molecule has 1 aromatic rings. The number of halogens is 4. The number of aliphatic imine (C=N–C) groups is 1. The van der Waals surface area contributed by atoms with Crippen molar-refractivity contribution in [3.05, 3.63) is 29.8 Å². The van der Waals surface area contributed by atoms with Crippen molar-refractivity contribution in [2.75, 3.05) is 6.54 Å². The summed E-state index contributed by atoms with van der Waals surface area (Å²) in [7, 11) is 0. The number of rotatable bonds is 6. The van der Waals surface area contributed by atoms with Gasteiger partial charge in [-0.2, -0.15) is 0 Å². The van der Waals surface area contributed by atoms with Gasteiger partial charge in [-0.05, 0) is 30.0 Å². The third-order valence-electron chi connectivity index (χ3n) is 3.67. The van der Waals surface area contributed by atoms with Crippen LogP contribution in [0.3, 0.4) is 0 Å².